The van der Waals surface area contributed by atoms with Crippen molar-refractivity contribution in [2.75, 3.05) is 59.4 Å². The molecule has 0 spiro atoms. The average Bonchev–Trinajstić information content (AvgIpc) is 2.54. The van der Waals surface area contributed by atoms with Crippen molar-refractivity contribution in [3.8, 4) is 0 Å². The Bertz CT molecular complexity index is 331. The van der Waals surface area contributed by atoms with Crippen molar-refractivity contribution < 1.29 is 0 Å². The normalized spacial score (nSPS) is 24.1. The van der Waals surface area contributed by atoms with Gasteiger partial charge < -0.3 is 20.4 Å². The van der Waals surface area contributed by atoms with Gasteiger partial charge in [0, 0.05) is 32.7 Å². The highest BCUT2D eigenvalue weighted by Crippen LogP contribution is 2.15. The molecule has 136 valence electrons. The van der Waals surface area contributed by atoms with Crippen molar-refractivity contribution in [2.45, 2.75) is 39.0 Å². The molecule has 1 unspecified atom stereocenters. The molecule has 2 heterocycles. The standard InChI is InChI=1S/C17H35N5.HI/c1-3-18-17(19-9-13-22-11-5-4-6-12-22)20-14-16-8-7-10-21(2)15-16;/h16H,3-15H2,1-2H3,(H2,18,19,20);1H. The first-order valence-electron chi connectivity index (χ1n) is 9.21. The lowest BCUT2D eigenvalue weighted by Crippen LogP contribution is -2.43. The minimum Gasteiger partial charge on any atom is -0.357 e. The maximum absolute atomic E-state index is 4.80. The summed E-state index contributed by atoms with van der Waals surface area (Å²) < 4.78 is 0. The Hall–Kier alpha value is -0.0800. The highest BCUT2D eigenvalue weighted by Gasteiger charge is 2.16. The summed E-state index contributed by atoms with van der Waals surface area (Å²) in [5.41, 5.74) is 0. The van der Waals surface area contributed by atoms with Gasteiger partial charge in [-0.3, -0.25) is 4.99 Å². The molecular weight excluding hydrogens is 401 g/mol. The number of piperidine rings is 2. The van der Waals surface area contributed by atoms with Gasteiger partial charge in [0.1, 0.15) is 0 Å². The minimum atomic E-state index is 0. The third kappa shape index (κ3) is 8.54. The van der Waals surface area contributed by atoms with Crippen LogP contribution in [0.25, 0.3) is 0 Å². The van der Waals surface area contributed by atoms with Gasteiger partial charge in [-0.2, -0.15) is 0 Å². The van der Waals surface area contributed by atoms with Crippen LogP contribution in [-0.2, 0) is 0 Å². The Morgan fingerprint density at radius 1 is 1.09 bits per heavy atom. The summed E-state index contributed by atoms with van der Waals surface area (Å²) in [4.78, 5) is 9.80. The summed E-state index contributed by atoms with van der Waals surface area (Å²) in [5, 5.41) is 6.88. The van der Waals surface area contributed by atoms with E-state index < -0.39 is 0 Å². The van der Waals surface area contributed by atoms with Crippen molar-refractivity contribution >= 4 is 29.9 Å². The molecule has 0 aromatic rings. The number of likely N-dealkylation sites (tertiary alicyclic amines) is 2. The summed E-state index contributed by atoms with van der Waals surface area (Å²) in [7, 11) is 2.22. The molecular formula is C17H36IN5. The van der Waals surface area contributed by atoms with Gasteiger partial charge in [-0.05, 0) is 65.2 Å². The zero-order chi connectivity index (χ0) is 15.6. The van der Waals surface area contributed by atoms with Crippen LogP contribution in [0.2, 0.25) is 0 Å². The number of hydrogen-bond donors (Lipinski definition) is 2. The first-order chi connectivity index (χ1) is 10.8. The highest BCUT2D eigenvalue weighted by atomic mass is 127. The molecule has 2 N–H and O–H groups in total. The predicted molar refractivity (Wildman–Crippen MR) is 110 cm³/mol. The Kier molecular flexibility index (Phi) is 11.2. The quantitative estimate of drug-likeness (QED) is 0.379. The molecule has 1 atom stereocenters. The van der Waals surface area contributed by atoms with Crippen molar-refractivity contribution in [3.63, 3.8) is 0 Å². The maximum Gasteiger partial charge on any atom is 0.191 e. The topological polar surface area (TPSA) is 42.9 Å². The fourth-order valence-electron chi connectivity index (χ4n) is 3.50. The molecule has 0 bridgehead atoms. The first kappa shape index (κ1) is 21.0. The van der Waals surface area contributed by atoms with Crippen LogP contribution in [0.15, 0.2) is 4.99 Å². The van der Waals surface area contributed by atoms with Gasteiger partial charge in [0.25, 0.3) is 0 Å². The minimum absolute atomic E-state index is 0. The molecule has 0 aliphatic carbocycles. The third-order valence-electron chi connectivity index (χ3n) is 4.74. The van der Waals surface area contributed by atoms with Crippen LogP contribution in [0.4, 0.5) is 0 Å². The molecule has 2 saturated heterocycles. The van der Waals surface area contributed by atoms with Crippen molar-refractivity contribution in [3.05, 3.63) is 0 Å². The Labute approximate surface area is 159 Å². The van der Waals surface area contributed by atoms with E-state index >= 15 is 0 Å². The highest BCUT2D eigenvalue weighted by molar-refractivity contribution is 14.0. The Balaban J connectivity index is 0.00000264. The molecule has 0 aromatic carbocycles. The first-order valence-corrected chi connectivity index (χ1v) is 9.21. The van der Waals surface area contributed by atoms with Crippen LogP contribution in [0.3, 0.4) is 0 Å². The van der Waals surface area contributed by atoms with Crippen LogP contribution in [0.1, 0.15) is 39.0 Å². The molecule has 6 heteroatoms. The number of aliphatic imine (C=N–C) groups is 1. The van der Waals surface area contributed by atoms with Gasteiger partial charge in [-0.25, -0.2) is 0 Å². The summed E-state index contributed by atoms with van der Waals surface area (Å²) in [6.07, 6.45) is 6.77. The van der Waals surface area contributed by atoms with E-state index in [1.807, 2.05) is 0 Å². The number of rotatable bonds is 6. The number of guanidine groups is 1. The monoisotopic (exact) mass is 437 g/mol. The van der Waals surface area contributed by atoms with E-state index in [9.17, 15) is 0 Å². The zero-order valence-corrected chi connectivity index (χ0v) is 17.3. The SMILES string of the molecule is CCNC(=NCC1CCCN(C)C1)NCCN1CCCCC1.I. The van der Waals surface area contributed by atoms with E-state index in [-0.39, 0.29) is 24.0 Å². The average molecular weight is 437 g/mol. The smallest absolute Gasteiger partial charge is 0.191 e. The Morgan fingerprint density at radius 2 is 1.87 bits per heavy atom. The lowest BCUT2D eigenvalue weighted by atomic mass is 9.99. The lowest BCUT2D eigenvalue weighted by molar-refractivity contribution is 0.214. The summed E-state index contributed by atoms with van der Waals surface area (Å²) in [6, 6.07) is 0. The van der Waals surface area contributed by atoms with Gasteiger partial charge in [0.15, 0.2) is 5.96 Å². The third-order valence-corrected chi connectivity index (χ3v) is 4.74. The number of halogens is 1. The van der Waals surface area contributed by atoms with Gasteiger partial charge in [0.2, 0.25) is 0 Å². The van der Waals surface area contributed by atoms with E-state index in [4.69, 9.17) is 4.99 Å². The van der Waals surface area contributed by atoms with Crippen LogP contribution < -0.4 is 10.6 Å². The van der Waals surface area contributed by atoms with Crippen molar-refractivity contribution in [2.24, 2.45) is 10.9 Å². The zero-order valence-electron chi connectivity index (χ0n) is 15.0. The molecule has 2 rings (SSSR count). The van der Waals surface area contributed by atoms with Crippen molar-refractivity contribution in [1.82, 2.24) is 20.4 Å². The van der Waals surface area contributed by atoms with Crippen LogP contribution >= 0.6 is 24.0 Å². The molecule has 2 aliphatic heterocycles. The van der Waals surface area contributed by atoms with E-state index in [1.165, 1.54) is 58.3 Å². The Morgan fingerprint density at radius 3 is 2.57 bits per heavy atom. The van der Waals surface area contributed by atoms with Gasteiger partial charge >= 0.3 is 0 Å². The lowest BCUT2D eigenvalue weighted by Gasteiger charge is -2.29. The predicted octanol–water partition coefficient (Wildman–Crippen LogP) is 1.99. The molecule has 23 heavy (non-hydrogen) atoms. The van der Waals surface area contributed by atoms with Gasteiger partial charge in [-0.15, -0.1) is 24.0 Å². The second-order valence-electron chi connectivity index (χ2n) is 6.82. The van der Waals surface area contributed by atoms with Crippen LogP contribution in [-0.4, -0.2) is 75.2 Å². The molecule has 0 radical (unpaired) electrons. The largest absolute Gasteiger partial charge is 0.357 e. The van der Waals surface area contributed by atoms with Crippen molar-refractivity contribution in [1.29, 1.82) is 0 Å². The molecule has 2 fully saturated rings. The second kappa shape index (κ2) is 12.3. The fraction of sp³-hybridized carbons (Fsp3) is 0.941. The van der Waals surface area contributed by atoms with E-state index in [0.29, 0.717) is 0 Å². The molecule has 0 aromatic heterocycles. The molecule has 0 saturated carbocycles. The number of nitrogens with zero attached hydrogens (tertiary/aromatic N) is 3. The number of hydrogen-bond acceptors (Lipinski definition) is 3. The summed E-state index contributed by atoms with van der Waals surface area (Å²) >= 11 is 0. The van der Waals surface area contributed by atoms with E-state index in [0.717, 1.165) is 38.1 Å². The van der Waals surface area contributed by atoms with Gasteiger partial charge in [-0.1, -0.05) is 6.42 Å². The van der Waals surface area contributed by atoms with E-state index in [2.05, 4.69) is 34.4 Å². The molecule has 0 amide bonds. The molecule has 2 aliphatic rings. The summed E-state index contributed by atoms with van der Waals surface area (Å²) in [5.74, 6) is 1.71. The summed E-state index contributed by atoms with van der Waals surface area (Å²) in [6.45, 7) is 11.1. The molecule has 5 nitrogen and oxygen atoms in total. The fourth-order valence-corrected chi connectivity index (χ4v) is 3.50. The van der Waals surface area contributed by atoms with E-state index in [1.54, 1.807) is 0 Å². The number of nitrogens with one attached hydrogen (secondary N) is 2. The maximum atomic E-state index is 4.80. The van der Waals surface area contributed by atoms with Crippen LogP contribution in [0.5, 0.6) is 0 Å². The van der Waals surface area contributed by atoms with Gasteiger partial charge in [0.05, 0.1) is 0 Å². The van der Waals surface area contributed by atoms with Crippen LogP contribution in [0, 0.1) is 5.92 Å². The second-order valence-corrected chi connectivity index (χ2v) is 6.82.